The fraction of sp³-hybridized carbons (Fsp3) is 0.158. The van der Waals surface area contributed by atoms with Gasteiger partial charge in [-0.15, -0.1) is 0 Å². The molecule has 0 spiro atoms. The zero-order valence-corrected chi connectivity index (χ0v) is 13.1. The summed E-state index contributed by atoms with van der Waals surface area (Å²) in [5, 5.41) is 7.80. The van der Waals surface area contributed by atoms with Crippen molar-refractivity contribution in [2.75, 3.05) is 0 Å². The van der Waals surface area contributed by atoms with Crippen LogP contribution in [0.1, 0.15) is 18.1 Å². The molecule has 1 N–H and O–H groups in total. The van der Waals surface area contributed by atoms with E-state index < -0.39 is 6.16 Å². The number of hydrogen-bond donors (Lipinski definition) is 1. The summed E-state index contributed by atoms with van der Waals surface area (Å²) in [7, 11) is 0. The molecule has 0 fully saturated rings. The highest BCUT2D eigenvalue weighted by Gasteiger charge is 2.04. The Balaban J connectivity index is 0.000000322. The number of carboxylic acid groups (broad SMARTS) is 1. The van der Waals surface area contributed by atoms with E-state index in [-0.39, 0.29) is 11.5 Å². The first-order valence-electron chi connectivity index (χ1n) is 7.13. The van der Waals surface area contributed by atoms with E-state index in [1.165, 1.54) is 6.92 Å². The largest absolute Gasteiger partial charge is 0.510 e. The number of carbonyl (C=O) groups is 2. The maximum Gasteiger partial charge on any atom is 0.510 e. The van der Waals surface area contributed by atoms with Crippen molar-refractivity contribution >= 4 is 11.9 Å². The topological polar surface area (TPSA) is 63.6 Å². The van der Waals surface area contributed by atoms with Crippen LogP contribution in [0.5, 0.6) is 0 Å². The number of Topliss-reactive ketones (excluding diaryl/α,β-unsaturated/α-hetero) is 1. The Morgan fingerprint density at radius 3 is 1.57 bits per heavy atom. The number of ether oxygens (including phenoxy) is 1. The monoisotopic (exact) mass is 312 g/mol. The first kappa shape index (κ1) is 18.2. The van der Waals surface area contributed by atoms with Gasteiger partial charge in [-0.05, 0) is 18.1 Å². The fourth-order valence-electron chi connectivity index (χ4n) is 1.86. The molecule has 0 aliphatic rings. The molecule has 0 aromatic heterocycles. The van der Waals surface area contributed by atoms with Gasteiger partial charge in [-0.3, -0.25) is 4.79 Å². The molecule has 4 heteroatoms. The minimum absolute atomic E-state index is 0.188. The lowest BCUT2D eigenvalue weighted by molar-refractivity contribution is -0.117. The van der Waals surface area contributed by atoms with Crippen molar-refractivity contribution in [1.29, 1.82) is 0 Å². The second kappa shape index (κ2) is 9.95. The quantitative estimate of drug-likeness (QED) is 0.662. The van der Waals surface area contributed by atoms with Crippen LogP contribution in [-0.2, 0) is 22.4 Å². The molecule has 0 bridgehead atoms. The van der Waals surface area contributed by atoms with E-state index in [0.717, 1.165) is 11.1 Å². The van der Waals surface area contributed by atoms with E-state index in [9.17, 15) is 9.59 Å². The van der Waals surface area contributed by atoms with Crippen molar-refractivity contribution in [2.45, 2.75) is 19.8 Å². The molecular formula is C19H20O4. The molecule has 0 heterocycles. The molecule has 0 amide bonds. The van der Waals surface area contributed by atoms with Crippen molar-refractivity contribution in [3.63, 3.8) is 0 Å². The zero-order valence-electron chi connectivity index (χ0n) is 13.1. The number of ketones is 1. The van der Waals surface area contributed by atoms with Crippen LogP contribution >= 0.6 is 0 Å². The number of rotatable bonds is 5. The first-order chi connectivity index (χ1) is 11.0. The summed E-state index contributed by atoms with van der Waals surface area (Å²) in [5.74, 6) is 0.449. The molecule has 0 aliphatic carbocycles. The summed E-state index contributed by atoms with van der Waals surface area (Å²) in [4.78, 5) is 21.3. The van der Waals surface area contributed by atoms with Crippen LogP contribution in [0.25, 0.3) is 0 Å². The van der Waals surface area contributed by atoms with Crippen LogP contribution in [0.4, 0.5) is 4.79 Å². The lowest BCUT2D eigenvalue weighted by Crippen LogP contribution is -2.06. The van der Waals surface area contributed by atoms with Crippen molar-refractivity contribution in [2.24, 2.45) is 0 Å². The summed E-state index contributed by atoms with van der Waals surface area (Å²) in [5.41, 5.74) is 2.17. The van der Waals surface area contributed by atoms with Crippen LogP contribution in [0.2, 0.25) is 0 Å². The molecule has 2 rings (SSSR count). The van der Waals surface area contributed by atoms with Gasteiger partial charge in [0.1, 0.15) is 11.5 Å². The Hall–Kier alpha value is -2.88. The van der Waals surface area contributed by atoms with Gasteiger partial charge in [-0.2, -0.15) is 0 Å². The van der Waals surface area contributed by atoms with Crippen molar-refractivity contribution in [3.05, 3.63) is 84.1 Å². The van der Waals surface area contributed by atoms with Gasteiger partial charge < -0.3 is 9.84 Å². The maximum atomic E-state index is 11.8. The number of allylic oxidation sites excluding steroid dienone is 1. The van der Waals surface area contributed by atoms with E-state index in [0.29, 0.717) is 12.8 Å². The Morgan fingerprint density at radius 2 is 1.30 bits per heavy atom. The molecule has 0 saturated carbocycles. The molecule has 0 radical (unpaired) electrons. The van der Waals surface area contributed by atoms with Crippen LogP contribution in [0, 0.1) is 0 Å². The highest BCUT2D eigenvalue weighted by atomic mass is 16.7. The summed E-state index contributed by atoms with van der Waals surface area (Å²) in [6.45, 7) is 4.66. The highest BCUT2D eigenvalue weighted by molar-refractivity contribution is 5.83. The molecule has 0 aliphatic heterocycles. The van der Waals surface area contributed by atoms with Crippen LogP contribution in [-0.4, -0.2) is 17.0 Å². The predicted octanol–water partition coefficient (Wildman–Crippen LogP) is 4.26. The third kappa shape index (κ3) is 8.88. The van der Waals surface area contributed by atoms with Crippen LogP contribution < -0.4 is 0 Å². The molecule has 23 heavy (non-hydrogen) atoms. The van der Waals surface area contributed by atoms with Gasteiger partial charge in [0.05, 0.1) is 0 Å². The van der Waals surface area contributed by atoms with Crippen LogP contribution in [0.3, 0.4) is 0 Å². The smallest absolute Gasteiger partial charge is 0.449 e. The molecule has 2 aromatic rings. The molecule has 0 atom stereocenters. The van der Waals surface area contributed by atoms with Gasteiger partial charge in [-0.25, -0.2) is 4.79 Å². The number of carbonyl (C=O) groups excluding carboxylic acids is 1. The lowest BCUT2D eigenvalue weighted by atomic mass is 10.0. The van der Waals surface area contributed by atoms with E-state index in [1.54, 1.807) is 0 Å². The zero-order chi connectivity index (χ0) is 17.1. The van der Waals surface area contributed by atoms with Gasteiger partial charge in [0.2, 0.25) is 0 Å². The number of hydrogen-bond acceptors (Lipinski definition) is 3. The fourth-order valence-corrected chi connectivity index (χ4v) is 1.86. The molecule has 4 nitrogen and oxygen atoms in total. The van der Waals surface area contributed by atoms with E-state index in [1.807, 2.05) is 60.7 Å². The normalized spacial score (nSPS) is 9.26. The van der Waals surface area contributed by atoms with Gasteiger partial charge in [0.25, 0.3) is 0 Å². The standard InChI is InChI=1S/C15H14O.C4H6O3/c16-15(11-13-7-3-1-4-8-13)12-14-9-5-2-6-10-14;1-3(2)7-4(5)6/h1-10H,11-12H2;1H2,2H3,(H,5,6). The summed E-state index contributed by atoms with van der Waals surface area (Å²) < 4.78 is 3.97. The van der Waals surface area contributed by atoms with Crippen LogP contribution in [0.15, 0.2) is 73.0 Å². The third-order valence-electron chi connectivity index (χ3n) is 2.75. The van der Waals surface area contributed by atoms with Gasteiger partial charge in [-0.1, -0.05) is 67.2 Å². The summed E-state index contributed by atoms with van der Waals surface area (Å²) in [6.07, 6.45) is -0.265. The van der Waals surface area contributed by atoms with Gasteiger partial charge in [0.15, 0.2) is 0 Å². The summed E-state index contributed by atoms with van der Waals surface area (Å²) >= 11 is 0. The second-order valence-electron chi connectivity index (χ2n) is 4.93. The molecule has 0 saturated heterocycles. The average Bonchev–Trinajstić information content (AvgIpc) is 2.48. The van der Waals surface area contributed by atoms with E-state index in [4.69, 9.17) is 5.11 Å². The van der Waals surface area contributed by atoms with Gasteiger partial charge >= 0.3 is 6.16 Å². The summed E-state index contributed by atoms with van der Waals surface area (Å²) in [6, 6.07) is 19.7. The SMILES string of the molecule is C=C(C)OC(=O)O.O=C(Cc1ccccc1)Cc1ccccc1. The van der Waals surface area contributed by atoms with Gasteiger partial charge in [0, 0.05) is 12.8 Å². The van der Waals surface area contributed by atoms with Crippen molar-refractivity contribution < 1.29 is 19.4 Å². The average molecular weight is 312 g/mol. The van der Waals surface area contributed by atoms with E-state index in [2.05, 4.69) is 11.3 Å². The van der Waals surface area contributed by atoms with E-state index >= 15 is 0 Å². The molecule has 120 valence electrons. The Bertz CT molecular complexity index is 577. The number of benzene rings is 2. The Morgan fingerprint density at radius 1 is 0.913 bits per heavy atom. The first-order valence-corrected chi connectivity index (χ1v) is 7.13. The Labute approximate surface area is 136 Å². The minimum Gasteiger partial charge on any atom is -0.449 e. The highest BCUT2D eigenvalue weighted by Crippen LogP contribution is 2.05. The lowest BCUT2D eigenvalue weighted by Gasteiger charge is -2.01. The Kier molecular flexibility index (Phi) is 7.86. The molecular weight excluding hydrogens is 292 g/mol. The predicted molar refractivity (Wildman–Crippen MR) is 89.2 cm³/mol. The molecule has 2 aromatic carbocycles. The van der Waals surface area contributed by atoms with Crippen molar-refractivity contribution in [3.8, 4) is 0 Å². The second-order valence-corrected chi connectivity index (χ2v) is 4.93. The minimum atomic E-state index is -1.31. The maximum absolute atomic E-state index is 11.8. The van der Waals surface area contributed by atoms with Crippen molar-refractivity contribution in [1.82, 2.24) is 0 Å². The third-order valence-corrected chi connectivity index (χ3v) is 2.75. The molecule has 0 unspecified atom stereocenters.